The third-order valence-electron chi connectivity index (χ3n) is 3.45. The quantitative estimate of drug-likeness (QED) is 0.598. The Morgan fingerprint density at radius 3 is 2.09 bits per heavy atom. The van der Waals surface area contributed by atoms with Crippen molar-refractivity contribution in [1.29, 1.82) is 0 Å². The van der Waals surface area contributed by atoms with Crippen LogP contribution in [0.5, 0.6) is 5.75 Å². The molecule has 3 heteroatoms. The third-order valence-corrected chi connectivity index (χ3v) is 3.45. The lowest BCUT2D eigenvalue weighted by Crippen LogP contribution is -1.97. The zero-order valence-electron chi connectivity index (χ0n) is 12.7. The Morgan fingerprint density at radius 2 is 1.59 bits per heavy atom. The van der Waals surface area contributed by atoms with E-state index in [1.54, 1.807) is 12.1 Å². The largest absolute Gasteiger partial charge is 0.494 e. The number of aliphatic carboxylic acids is 1. The van der Waals surface area contributed by atoms with Crippen molar-refractivity contribution in [3.8, 4) is 16.9 Å². The number of ether oxygens (including phenoxy) is 1. The maximum Gasteiger partial charge on any atom is 0.335 e. The Morgan fingerprint density at radius 1 is 1.05 bits per heavy atom. The Labute approximate surface area is 130 Å². The topological polar surface area (TPSA) is 46.5 Å². The van der Waals surface area contributed by atoms with Gasteiger partial charge in [0.2, 0.25) is 0 Å². The number of hydrogen-bond acceptors (Lipinski definition) is 2. The van der Waals surface area contributed by atoms with E-state index < -0.39 is 5.97 Å². The summed E-state index contributed by atoms with van der Waals surface area (Å²) < 4.78 is 5.64. The summed E-state index contributed by atoms with van der Waals surface area (Å²) in [5, 5.41) is 8.93. The zero-order valence-corrected chi connectivity index (χ0v) is 12.7. The summed E-state index contributed by atoms with van der Waals surface area (Å²) >= 11 is 0. The minimum atomic E-state index is -0.999. The Hall–Kier alpha value is -2.55. The van der Waals surface area contributed by atoms with Gasteiger partial charge in [-0.15, -0.1) is 0 Å². The lowest BCUT2D eigenvalue weighted by atomic mass is 10.0. The van der Waals surface area contributed by atoms with Crippen LogP contribution in [0.3, 0.4) is 0 Å². The molecule has 22 heavy (non-hydrogen) atoms. The van der Waals surface area contributed by atoms with Crippen molar-refractivity contribution in [1.82, 2.24) is 0 Å². The van der Waals surface area contributed by atoms with Gasteiger partial charge in [-0.2, -0.15) is 0 Å². The number of benzene rings is 2. The van der Waals surface area contributed by atoms with E-state index in [2.05, 4.69) is 13.5 Å². The van der Waals surface area contributed by atoms with Crippen LogP contribution in [0.15, 0.2) is 55.1 Å². The second-order valence-electron chi connectivity index (χ2n) is 5.09. The molecule has 0 saturated carbocycles. The highest BCUT2D eigenvalue weighted by Gasteiger charge is 2.07. The van der Waals surface area contributed by atoms with E-state index in [-0.39, 0.29) is 5.57 Å². The summed E-state index contributed by atoms with van der Waals surface area (Å²) in [6.45, 7) is 6.43. The van der Waals surface area contributed by atoms with Crippen LogP contribution in [0.2, 0.25) is 0 Å². The van der Waals surface area contributed by atoms with Crippen molar-refractivity contribution >= 4 is 11.5 Å². The van der Waals surface area contributed by atoms with Gasteiger partial charge in [-0.25, -0.2) is 4.79 Å². The average molecular weight is 296 g/mol. The fourth-order valence-corrected chi connectivity index (χ4v) is 2.07. The summed E-state index contributed by atoms with van der Waals surface area (Å²) in [5.74, 6) is -0.130. The highest BCUT2D eigenvalue weighted by molar-refractivity contribution is 6.14. The molecule has 0 heterocycles. The Kier molecular flexibility index (Phi) is 5.37. The normalized spacial score (nSPS) is 10.2. The minimum absolute atomic E-state index is 0.103. The highest BCUT2D eigenvalue weighted by Crippen LogP contribution is 2.24. The zero-order chi connectivity index (χ0) is 15.9. The molecule has 0 aliphatic carbocycles. The first kappa shape index (κ1) is 15.8. The van der Waals surface area contributed by atoms with Crippen molar-refractivity contribution in [2.45, 2.75) is 19.8 Å². The lowest BCUT2D eigenvalue weighted by Gasteiger charge is -2.07. The smallest absolute Gasteiger partial charge is 0.335 e. The van der Waals surface area contributed by atoms with Gasteiger partial charge in [-0.1, -0.05) is 56.3 Å². The summed E-state index contributed by atoms with van der Waals surface area (Å²) in [7, 11) is 0. The maximum absolute atomic E-state index is 10.9. The molecule has 0 aliphatic heterocycles. The van der Waals surface area contributed by atoms with Crippen LogP contribution in [0.4, 0.5) is 0 Å². The average Bonchev–Trinajstić information content (AvgIpc) is 2.55. The van der Waals surface area contributed by atoms with Gasteiger partial charge < -0.3 is 9.84 Å². The lowest BCUT2D eigenvalue weighted by molar-refractivity contribution is -0.130. The molecule has 2 rings (SSSR count). The van der Waals surface area contributed by atoms with Crippen molar-refractivity contribution in [2.24, 2.45) is 0 Å². The van der Waals surface area contributed by atoms with E-state index in [1.165, 1.54) is 0 Å². The van der Waals surface area contributed by atoms with E-state index in [4.69, 9.17) is 9.84 Å². The number of carboxylic acids is 1. The number of unbranched alkanes of at least 4 members (excludes halogenated alkanes) is 1. The first-order valence-electron chi connectivity index (χ1n) is 7.37. The second-order valence-corrected chi connectivity index (χ2v) is 5.09. The predicted octanol–water partition coefficient (Wildman–Crippen LogP) is 4.63. The standard InChI is InChI=1S/C19H20O3/c1-3-4-13-22-18-11-9-17(10-12-18)16-7-5-15(6-8-16)14(2)19(20)21/h5-12H,2-4,13H2,1H3,(H,20,21). The number of rotatable bonds is 7. The monoisotopic (exact) mass is 296 g/mol. The Balaban J connectivity index is 2.08. The molecule has 0 radical (unpaired) electrons. The van der Waals surface area contributed by atoms with Crippen LogP contribution in [-0.4, -0.2) is 17.7 Å². The van der Waals surface area contributed by atoms with Crippen LogP contribution < -0.4 is 4.74 Å². The van der Waals surface area contributed by atoms with Crippen molar-refractivity contribution in [3.05, 3.63) is 60.7 Å². The molecule has 0 bridgehead atoms. The molecule has 2 aromatic rings. The molecule has 3 nitrogen and oxygen atoms in total. The van der Waals surface area contributed by atoms with Crippen LogP contribution >= 0.6 is 0 Å². The van der Waals surface area contributed by atoms with Crippen LogP contribution in [0.1, 0.15) is 25.3 Å². The molecule has 0 unspecified atom stereocenters. The van der Waals surface area contributed by atoms with Gasteiger partial charge >= 0.3 is 5.97 Å². The van der Waals surface area contributed by atoms with Crippen molar-refractivity contribution < 1.29 is 14.6 Å². The number of hydrogen-bond donors (Lipinski definition) is 1. The number of carboxylic acid groups (broad SMARTS) is 1. The van der Waals surface area contributed by atoms with Crippen molar-refractivity contribution in [2.75, 3.05) is 6.61 Å². The van der Waals surface area contributed by atoms with Crippen LogP contribution in [0.25, 0.3) is 16.7 Å². The fraction of sp³-hybridized carbons (Fsp3) is 0.211. The molecular weight excluding hydrogens is 276 g/mol. The van der Waals surface area contributed by atoms with Gasteiger partial charge in [0.15, 0.2) is 0 Å². The molecule has 0 aromatic heterocycles. The van der Waals surface area contributed by atoms with E-state index in [0.717, 1.165) is 36.3 Å². The maximum atomic E-state index is 10.9. The molecule has 1 N–H and O–H groups in total. The van der Waals surface area contributed by atoms with Gasteiger partial charge in [-0.05, 0) is 35.2 Å². The molecule has 0 aliphatic rings. The third kappa shape index (κ3) is 3.98. The van der Waals surface area contributed by atoms with Gasteiger partial charge in [0, 0.05) is 0 Å². The molecule has 0 atom stereocenters. The predicted molar refractivity (Wildman–Crippen MR) is 89.0 cm³/mol. The molecular formula is C19H20O3. The van der Waals surface area contributed by atoms with Crippen molar-refractivity contribution in [3.63, 3.8) is 0 Å². The van der Waals surface area contributed by atoms with E-state index in [9.17, 15) is 4.79 Å². The van der Waals surface area contributed by atoms with E-state index in [1.807, 2.05) is 36.4 Å². The van der Waals surface area contributed by atoms with Gasteiger partial charge in [-0.3, -0.25) is 0 Å². The summed E-state index contributed by atoms with van der Waals surface area (Å²) in [5.41, 5.74) is 2.82. The number of carbonyl (C=O) groups is 1. The molecule has 0 saturated heterocycles. The molecule has 0 spiro atoms. The fourth-order valence-electron chi connectivity index (χ4n) is 2.07. The molecule has 0 fully saturated rings. The SMILES string of the molecule is C=C(C(=O)O)c1ccc(-c2ccc(OCCCC)cc2)cc1. The highest BCUT2D eigenvalue weighted by atomic mass is 16.5. The van der Waals surface area contributed by atoms with Crippen LogP contribution in [0, 0.1) is 0 Å². The summed E-state index contributed by atoms with van der Waals surface area (Å²) in [4.78, 5) is 10.9. The van der Waals surface area contributed by atoms with E-state index in [0.29, 0.717) is 5.56 Å². The Bertz CT molecular complexity index is 639. The second kappa shape index (κ2) is 7.46. The van der Waals surface area contributed by atoms with Gasteiger partial charge in [0.05, 0.1) is 12.2 Å². The van der Waals surface area contributed by atoms with Crippen LogP contribution in [-0.2, 0) is 4.79 Å². The van der Waals surface area contributed by atoms with Gasteiger partial charge in [0.1, 0.15) is 5.75 Å². The molecule has 2 aromatic carbocycles. The molecule has 114 valence electrons. The summed E-state index contributed by atoms with van der Waals surface area (Å²) in [6.07, 6.45) is 2.17. The summed E-state index contributed by atoms with van der Waals surface area (Å²) in [6, 6.07) is 15.3. The first-order valence-corrected chi connectivity index (χ1v) is 7.37. The molecule has 0 amide bonds. The van der Waals surface area contributed by atoms with E-state index >= 15 is 0 Å². The van der Waals surface area contributed by atoms with Gasteiger partial charge in [0.25, 0.3) is 0 Å². The minimum Gasteiger partial charge on any atom is -0.494 e. The first-order chi connectivity index (χ1) is 10.6.